The van der Waals surface area contributed by atoms with Gasteiger partial charge in [-0.3, -0.25) is 0 Å². The van der Waals surface area contributed by atoms with E-state index in [9.17, 15) is 0 Å². The number of nitrogens with two attached hydrogens (primary N) is 1. The largest absolute Gasteiger partial charge is 0.486 e. The molecule has 0 radical (unpaired) electrons. The Kier molecular flexibility index (Phi) is 4.44. The molecule has 0 amide bonds. The summed E-state index contributed by atoms with van der Waals surface area (Å²) in [5.74, 6) is 0.562. The molecule has 2 aromatic rings. The molecule has 0 aliphatic heterocycles. The maximum absolute atomic E-state index is 8.86. The van der Waals surface area contributed by atoms with Crippen LogP contribution in [0.1, 0.15) is 16.7 Å². The average Bonchev–Trinajstić information content (AvgIpc) is 2.46. The quantitative estimate of drug-likeness (QED) is 0.660. The summed E-state index contributed by atoms with van der Waals surface area (Å²) in [5, 5.41) is 17.7. The Labute approximate surface area is 130 Å². The molecule has 0 spiro atoms. The van der Waals surface area contributed by atoms with Gasteiger partial charge in [-0.05, 0) is 52.4 Å². The van der Waals surface area contributed by atoms with Crippen LogP contribution < -0.4 is 10.5 Å². The van der Waals surface area contributed by atoms with E-state index in [1.807, 2.05) is 18.2 Å². The van der Waals surface area contributed by atoms with Crippen LogP contribution in [0.4, 0.5) is 5.69 Å². The van der Waals surface area contributed by atoms with Crippen LogP contribution in [0.5, 0.6) is 5.75 Å². The van der Waals surface area contributed by atoms with Crippen LogP contribution >= 0.6 is 22.6 Å². The lowest BCUT2D eigenvalue weighted by Crippen LogP contribution is -2.01. The summed E-state index contributed by atoms with van der Waals surface area (Å²) in [5.41, 5.74) is 8.31. The van der Waals surface area contributed by atoms with Crippen molar-refractivity contribution in [3.8, 4) is 17.9 Å². The molecule has 2 aromatic carbocycles. The van der Waals surface area contributed by atoms with Gasteiger partial charge in [-0.2, -0.15) is 10.5 Å². The normalized spacial score (nSPS) is 9.55. The highest BCUT2D eigenvalue weighted by Crippen LogP contribution is 2.30. The van der Waals surface area contributed by atoms with Crippen LogP contribution in [0.3, 0.4) is 0 Å². The van der Waals surface area contributed by atoms with Crippen molar-refractivity contribution in [3.05, 3.63) is 56.7 Å². The Morgan fingerprint density at radius 2 is 1.85 bits per heavy atom. The SMILES string of the molecule is N#Cc1cccc(COc2c(N)cc(C#N)cc2I)c1. The number of benzene rings is 2. The smallest absolute Gasteiger partial charge is 0.156 e. The number of nitrogens with zero attached hydrogens (tertiary/aromatic N) is 2. The fourth-order valence-electron chi connectivity index (χ4n) is 1.72. The number of ether oxygens (including phenoxy) is 1. The molecule has 2 N–H and O–H groups in total. The lowest BCUT2D eigenvalue weighted by molar-refractivity contribution is 0.305. The Morgan fingerprint density at radius 1 is 1.10 bits per heavy atom. The molecule has 98 valence electrons. The van der Waals surface area contributed by atoms with E-state index in [-0.39, 0.29) is 0 Å². The van der Waals surface area contributed by atoms with Crippen LogP contribution in [0.2, 0.25) is 0 Å². The average molecular weight is 375 g/mol. The minimum Gasteiger partial charge on any atom is -0.486 e. The van der Waals surface area contributed by atoms with E-state index in [0.717, 1.165) is 9.13 Å². The summed E-state index contributed by atoms with van der Waals surface area (Å²) >= 11 is 2.08. The summed E-state index contributed by atoms with van der Waals surface area (Å²) in [7, 11) is 0. The number of nitrogen functional groups attached to an aromatic ring is 1. The summed E-state index contributed by atoms with van der Waals surface area (Å²) in [6.45, 7) is 0.321. The maximum Gasteiger partial charge on any atom is 0.156 e. The van der Waals surface area contributed by atoms with Gasteiger partial charge in [0.05, 0.1) is 32.5 Å². The lowest BCUT2D eigenvalue weighted by Gasteiger charge is -2.11. The Hall–Kier alpha value is -2.25. The van der Waals surface area contributed by atoms with Crippen LogP contribution in [-0.2, 0) is 6.61 Å². The molecule has 0 bridgehead atoms. The third kappa shape index (κ3) is 3.19. The molecule has 0 aliphatic rings. The van der Waals surface area contributed by atoms with Gasteiger partial charge in [0, 0.05) is 0 Å². The van der Waals surface area contributed by atoms with Crippen LogP contribution in [0.15, 0.2) is 36.4 Å². The molecule has 0 saturated carbocycles. The number of anilines is 1. The van der Waals surface area contributed by atoms with E-state index >= 15 is 0 Å². The van der Waals surface area contributed by atoms with Gasteiger partial charge in [0.1, 0.15) is 6.61 Å². The van der Waals surface area contributed by atoms with E-state index in [1.165, 1.54) is 0 Å². The zero-order valence-electron chi connectivity index (χ0n) is 10.4. The first-order valence-electron chi connectivity index (χ1n) is 5.75. The van der Waals surface area contributed by atoms with Gasteiger partial charge in [0.25, 0.3) is 0 Å². The van der Waals surface area contributed by atoms with E-state index < -0.39 is 0 Å². The maximum atomic E-state index is 8.86. The van der Waals surface area contributed by atoms with Crippen molar-refractivity contribution in [2.45, 2.75) is 6.61 Å². The van der Waals surface area contributed by atoms with E-state index in [0.29, 0.717) is 29.2 Å². The highest BCUT2D eigenvalue weighted by molar-refractivity contribution is 14.1. The summed E-state index contributed by atoms with van der Waals surface area (Å²) in [6, 6.07) is 14.6. The van der Waals surface area contributed by atoms with Crippen molar-refractivity contribution in [1.29, 1.82) is 10.5 Å². The Balaban J connectivity index is 2.19. The first-order chi connectivity index (χ1) is 9.63. The zero-order valence-corrected chi connectivity index (χ0v) is 12.6. The number of rotatable bonds is 3. The molecule has 0 fully saturated rings. The molecule has 0 saturated heterocycles. The number of halogens is 1. The molecular formula is C15H10IN3O. The molecule has 0 unspecified atom stereocenters. The molecular weight excluding hydrogens is 365 g/mol. The fourth-order valence-corrected chi connectivity index (χ4v) is 2.52. The molecule has 5 heteroatoms. The van der Waals surface area contributed by atoms with E-state index in [4.69, 9.17) is 21.0 Å². The first kappa shape index (κ1) is 14.2. The molecule has 0 aliphatic carbocycles. The zero-order chi connectivity index (χ0) is 14.5. The fraction of sp³-hybridized carbons (Fsp3) is 0.0667. The van der Waals surface area contributed by atoms with Gasteiger partial charge < -0.3 is 10.5 Å². The van der Waals surface area contributed by atoms with Gasteiger partial charge in [-0.25, -0.2) is 0 Å². The molecule has 4 nitrogen and oxygen atoms in total. The third-order valence-corrected chi connectivity index (χ3v) is 3.44. The second kappa shape index (κ2) is 6.27. The van der Waals surface area contributed by atoms with Gasteiger partial charge in [-0.15, -0.1) is 0 Å². The second-order valence-electron chi connectivity index (χ2n) is 4.09. The minimum atomic E-state index is 0.321. The Bertz CT molecular complexity index is 706. The predicted octanol–water partition coefficient (Wildman–Crippen LogP) is 3.20. The monoisotopic (exact) mass is 375 g/mol. The van der Waals surface area contributed by atoms with Crippen LogP contribution in [0.25, 0.3) is 0 Å². The predicted molar refractivity (Wildman–Crippen MR) is 83.8 cm³/mol. The minimum absolute atomic E-state index is 0.321. The number of hydrogen-bond acceptors (Lipinski definition) is 4. The van der Waals surface area contributed by atoms with E-state index in [1.54, 1.807) is 24.3 Å². The van der Waals surface area contributed by atoms with Crippen molar-refractivity contribution >= 4 is 28.3 Å². The van der Waals surface area contributed by atoms with Crippen molar-refractivity contribution < 1.29 is 4.74 Å². The van der Waals surface area contributed by atoms with Crippen molar-refractivity contribution in [1.82, 2.24) is 0 Å². The summed E-state index contributed by atoms with van der Waals surface area (Å²) in [6.07, 6.45) is 0. The Morgan fingerprint density at radius 3 is 2.50 bits per heavy atom. The first-order valence-corrected chi connectivity index (χ1v) is 6.83. The number of hydrogen-bond donors (Lipinski definition) is 1. The summed E-state index contributed by atoms with van der Waals surface area (Å²) < 4.78 is 6.49. The van der Waals surface area contributed by atoms with Gasteiger partial charge in [0.2, 0.25) is 0 Å². The van der Waals surface area contributed by atoms with E-state index in [2.05, 4.69) is 28.7 Å². The highest BCUT2D eigenvalue weighted by Gasteiger charge is 2.09. The second-order valence-corrected chi connectivity index (χ2v) is 5.25. The van der Waals surface area contributed by atoms with Gasteiger partial charge >= 0.3 is 0 Å². The molecule has 0 heterocycles. The van der Waals surface area contributed by atoms with Crippen molar-refractivity contribution in [2.75, 3.05) is 5.73 Å². The van der Waals surface area contributed by atoms with Crippen LogP contribution in [0, 0.1) is 26.2 Å². The van der Waals surface area contributed by atoms with Crippen molar-refractivity contribution in [2.24, 2.45) is 0 Å². The standard InChI is InChI=1S/C15H10IN3O/c16-13-5-12(8-18)6-14(19)15(13)20-9-11-3-1-2-10(4-11)7-17/h1-6H,9,19H2. The third-order valence-electron chi connectivity index (χ3n) is 2.64. The van der Waals surface area contributed by atoms with Crippen LogP contribution in [-0.4, -0.2) is 0 Å². The van der Waals surface area contributed by atoms with Crippen molar-refractivity contribution in [3.63, 3.8) is 0 Å². The molecule has 2 rings (SSSR count). The summed E-state index contributed by atoms with van der Waals surface area (Å²) in [4.78, 5) is 0. The lowest BCUT2D eigenvalue weighted by atomic mass is 10.1. The highest BCUT2D eigenvalue weighted by atomic mass is 127. The van der Waals surface area contributed by atoms with Gasteiger partial charge in [-0.1, -0.05) is 12.1 Å². The number of nitriles is 2. The van der Waals surface area contributed by atoms with Gasteiger partial charge in [0.15, 0.2) is 5.75 Å². The molecule has 20 heavy (non-hydrogen) atoms. The molecule has 0 aromatic heterocycles. The topological polar surface area (TPSA) is 82.8 Å². The molecule has 0 atom stereocenters.